The quantitative estimate of drug-likeness (QED) is 0.639. The second-order valence-electron chi connectivity index (χ2n) is 2.41. The van der Waals surface area contributed by atoms with Crippen molar-refractivity contribution in [1.29, 1.82) is 0 Å². The molecule has 0 N–H and O–H groups in total. The predicted octanol–water partition coefficient (Wildman–Crippen LogP) is 1.22. The molecule has 0 radical (unpaired) electrons. The third-order valence-electron chi connectivity index (χ3n) is 1.49. The molecule has 0 amide bonds. The van der Waals surface area contributed by atoms with E-state index >= 15 is 0 Å². The molecule has 68 valence electrons. The van der Waals surface area contributed by atoms with Gasteiger partial charge in [0, 0.05) is 0 Å². The largest absolute Gasteiger partial charge is 0.462 e. The fraction of sp³-hybridized carbons (Fsp3) is 0.200. The summed E-state index contributed by atoms with van der Waals surface area (Å²) in [5.74, 6) is -0.566. The van der Waals surface area contributed by atoms with Crippen LogP contribution < -0.4 is 5.43 Å². The lowest BCUT2D eigenvalue weighted by atomic mass is 10.3. The standard InChI is InChI=1S/C10H10O3/c1-2-13-10(12)8-6-4-3-5-7-9(8)11/h3-7H,2H2,1H3. The molecule has 3 heteroatoms. The van der Waals surface area contributed by atoms with Crippen molar-refractivity contribution < 1.29 is 9.53 Å². The Morgan fingerprint density at radius 3 is 2.69 bits per heavy atom. The van der Waals surface area contributed by atoms with Crippen LogP contribution in [-0.4, -0.2) is 12.6 Å². The highest BCUT2D eigenvalue weighted by molar-refractivity contribution is 5.89. The Morgan fingerprint density at radius 1 is 1.31 bits per heavy atom. The molecule has 1 rings (SSSR count). The van der Waals surface area contributed by atoms with E-state index < -0.39 is 5.97 Å². The molecule has 1 aromatic carbocycles. The molecule has 0 aliphatic carbocycles. The Bertz CT molecular complexity index is 357. The number of hydrogen-bond donors (Lipinski definition) is 0. The normalized spacial score (nSPS) is 9.31. The van der Waals surface area contributed by atoms with Gasteiger partial charge >= 0.3 is 5.97 Å². The van der Waals surface area contributed by atoms with Gasteiger partial charge in [-0.3, -0.25) is 4.79 Å². The van der Waals surface area contributed by atoms with Crippen molar-refractivity contribution in [3.05, 3.63) is 46.1 Å². The van der Waals surface area contributed by atoms with Crippen LogP contribution in [0.5, 0.6) is 0 Å². The zero-order chi connectivity index (χ0) is 9.68. The van der Waals surface area contributed by atoms with Crippen molar-refractivity contribution in [2.75, 3.05) is 6.61 Å². The maximum Gasteiger partial charge on any atom is 0.342 e. The summed E-state index contributed by atoms with van der Waals surface area (Å²) in [4.78, 5) is 22.4. The summed E-state index contributed by atoms with van der Waals surface area (Å²) < 4.78 is 4.71. The highest BCUT2D eigenvalue weighted by Crippen LogP contribution is 1.93. The number of ether oxygens (including phenoxy) is 1. The van der Waals surface area contributed by atoms with Gasteiger partial charge in [-0.15, -0.1) is 0 Å². The van der Waals surface area contributed by atoms with Crippen LogP contribution in [0.1, 0.15) is 17.3 Å². The van der Waals surface area contributed by atoms with E-state index in [9.17, 15) is 9.59 Å². The minimum atomic E-state index is -0.566. The van der Waals surface area contributed by atoms with E-state index in [2.05, 4.69) is 0 Å². The van der Waals surface area contributed by atoms with Crippen LogP contribution in [0.2, 0.25) is 0 Å². The van der Waals surface area contributed by atoms with E-state index in [1.54, 1.807) is 25.1 Å². The first-order valence-electron chi connectivity index (χ1n) is 4.02. The highest BCUT2D eigenvalue weighted by Gasteiger charge is 2.07. The van der Waals surface area contributed by atoms with Crippen LogP contribution in [0.4, 0.5) is 0 Å². The van der Waals surface area contributed by atoms with E-state index in [1.807, 2.05) is 0 Å². The molecule has 0 saturated carbocycles. The molecule has 0 heterocycles. The Kier molecular flexibility index (Phi) is 3.20. The predicted molar refractivity (Wildman–Crippen MR) is 48.7 cm³/mol. The van der Waals surface area contributed by atoms with E-state index in [0.29, 0.717) is 0 Å². The number of carbonyl (C=O) groups excluding carboxylic acids is 1. The van der Waals surface area contributed by atoms with Gasteiger partial charge in [-0.1, -0.05) is 18.2 Å². The molecule has 0 unspecified atom stereocenters. The summed E-state index contributed by atoms with van der Waals surface area (Å²) in [7, 11) is 0. The number of hydrogen-bond acceptors (Lipinski definition) is 3. The molecule has 0 aliphatic rings. The molecule has 0 bridgehead atoms. The molecule has 0 spiro atoms. The van der Waals surface area contributed by atoms with Crippen LogP contribution in [0, 0.1) is 0 Å². The Labute approximate surface area is 76.0 Å². The molecule has 0 fully saturated rings. The smallest absolute Gasteiger partial charge is 0.342 e. The van der Waals surface area contributed by atoms with E-state index in [0.717, 1.165) is 0 Å². The van der Waals surface area contributed by atoms with Crippen molar-refractivity contribution in [3.8, 4) is 0 Å². The summed E-state index contributed by atoms with van der Waals surface area (Å²) in [6, 6.07) is 7.70. The summed E-state index contributed by atoms with van der Waals surface area (Å²) in [5.41, 5.74) is -0.240. The topological polar surface area (TPSA) is 43.4 Å². The third kappa shape index (κ3) is 2.40. The number of carbonyl (C=O) groups is 1. The average molecular weight is 178 g/mol. The van der Waals surface area contributed by atoms with Crippen LogP contribution in [-0.2, 0) is 4.74 Å². The maximum absolute atomic E-state index is 11.2. The van der Waals surface area contributed by atoms with Crippen molar-refractivity contribution in [2.24, 2.45) is 0 Å². The lowest BCUT2D eigenvalue weighted by Gasteiger charge is -1.97. The number of rotatable bonds is 2. The van der Waals surface area contributed by atoms with Crippen molar-refractivity contribution in [1.82, 2.24) is 0 Å². The van der Waals surface area contributed by atoms with Gasteiger partial charge in [0.2, 0.25) is 0 Å². The molecular formula is C10H10O3. The Balaban J connectivity index is 3.09. The monoisotopic (exact) mass is 178 g/mol. The van der Waals surface area contributed by atoms with E-state index in [-0.39, 0.29) is 17.6 Å². The van der Waals surface area contributed by atoms with E-state index in [1.165, 1.54) is 12.1 Å². The molecule has 13 heavy (non-hydrogen) atoms. The molecule has 0 atom stereocenters. The van der Waals surface area contributed by atoms with Crippen molar-refractivity contribution >= 4 is 5.97 Å². The van der Waals surface area contributed by atoms with E-state index in [4.69, 9.17) is 4.74 Å². The van der Waals surface area contributed by atoms with Gasteiger partial charge in [0.05, 0.1) is 6.61 Å². The van der Waals surface area contributed by atoms with Gasteiger partial charge in [-0.2, -0.15) is 0 Å². The maximum atomic E-state index is 11.2. The van der Waals surface area contributed by atoms with Crippen LogP contribution in [0.3, 0.4) is 0 Å². The fourth-order valence-electron chi connectivity index (χ4n) is 0.908. The first kappa shape index (κ1) is 9.45. The second kappa shape index (κ2) is 4.40. The lowest BCUT2D eigenvalue weighted by molar-refractivity contribution is 0.0525. The Hall–Kier alpha value is -1.64. The first-order valence-corrected chi connectivity index (χ1v) is 4.02. The number of esters is 1. The highest BCUT2D eigenvalue weighted by atomic mass is 16.5. The summed E-state index contributed by atoms with van der Waals surface area (Å²) >= 11 is 0. The minimum Gasteiger partial charge on any atom is -0.462 e. The lowest BCUT2D eigenvalue weighted by Crippen LogP contribution is -2.14. The van der Waals surface area contributed by atoms with Gasteiger partial charge in [-0.05, 0) is 19.1 Å². The third-order valence-corrected chi connectivity index (χ3v) is 1.49. The Morgan fingerprint density at radius 2 is 2.00 bits per heavy atom. The minimum absolute atomic E-state index is 0.0758. The molecular weight excluding hydrogens is 168 g/mol. The zero-order valence-electron chi connectivity index (χ0n) is 7.32. The molecule has 3 nitrogen and oxygen atoms in total. The van der Waals surface area contributed by atoms with Crippen molar-refractivity contribution in [3.63, 3.8) is 0 Å². The summed E-state index contributed by atoms with van der Waals surface area (Å²) in [6.07, 6.45) is 0. The van der Waals surface area contributed by atoms with Gasteiger partial charge in [0.1, 0.15) is 5.56 Å². The average Bonchev–Trinajstić information content (AvgIpc) is 2.30. The van der Waals surface area contributed by atoms with Gasteiger partial charge in [0.15, 0.2) is 5.43 Å². The summed E-state index contributed by atoms with van der Waals surface area (Å²) in [5, 5.41) is 0. The second-order valence-corrected chi connectivity index (χ2v) is 2.41. The van der Waals surface area contributed by atoms with Crippen LogP contribution in [0.15, 0.2) is 35.1 Å². The van der Waals surface area contributed by atoms with Gasteiger partial charge in [0.25, 0.3) is 0 Å². The summed E-state index contributed by atoms with van der Waals surface area (Å²) in [6.45, 7) is 1.97. The first-order chi connectivity index (χ1) is 6.25. The molecule has 1 aromatic rings. The fourth-order valence-corrected chi connectivity index (χ4v) is 0.908. The molecule has 0 saturated heterocycles. The molecule has 0 aliphatic heterocycles. The van der Waals surface area contributed by atoms with Crippen molar-refractivity contribution in [2.45, 2.75) is 6.92 Å². The van der Waals surface area contributed by atoms with Gasteiger partial charge in [-0.25, -0.2) is 4.79 Å². The van der Waals surface area contributed by atoms with Crippen LogP contribution in [0.25, 0.3) is 0 Å². The molecule has 0 aromatic heterocycles. The van der Waals surface area contributed by atoms with Gasteiger partial charge < -0.3 is 4.74 Å². The van der Waals surface area contributed by atoms with Crippen LogP contribution >= 0.6 is 0 Å². The zero-order valence-corrected chi connectivity index (χ0v) is 7.32. The SMILES string of the molecule is CCOC(=O)c1cccccc1=O.